The molecule has 1 fully saturated rings. The van der Waals surface area contributed by atoms with E-state index >= 15 is 0 Å². The molecular formula is C13H18FNO2. The maximum absolute atomic E-state index is 13.1. The number of aromatic hydroxyl groups is 1. The average Bonchev–Trinajstić information content (AvgIpc) is 2.82. The topological polar surface area (TPSA) is 41.5 Å². The van der Waals surface area contributed by atoms with E-state index < -0.39 is 0 Å². The molecule has 94 valence electrons. The Balaban J connectivity index is 1.93. The summed E-state index contributed by atoms with van der Waals surface area (Å²) in [4.78, 5) is 0. The van der Waals surface area contributed by atoms with Gasteiger partial charge in [-0.05, 0) is 38.0 Å². The van der Waals surface area contributed by atoms with E-state index in [0.29, 0.717) is 5.56 Å². The third kappa shape index (κ3) is 3.17. The summed E-state index contributed by atoms with van der Waals surface area (Å²) < 4.78 is 18.6. The van der Waals surface area contributed by atoms with Gasteiger partial charge in [0.1, 0.15) is 11.6 Å². The molecule has 2 unspecified atom stereocenters. The number of ether oxygens (including phenoxy) is 1. The molecule has 1 heterocycles. The quantitative estimate of drug-likeness (QED) is 0.847. The summed E-state index contributed by atoms with van der Waals surface area (Å²) in [6.45, 7) is 3.46. The van der Waals surface area contributed by atoms with Gasteiger partial charge in [-0.1, -0.05) is 0 Å². The Morgan fingerprint density at radius 2 is 2.41 bits per heavy atom. The van der Waals surface area contributed by atoms with Crippen LogP contribution < -0.4 is 5.32 Å². The summed E-state index contributed by atoms with van der Waals surface area (Å²) >= 11 is 0. The van der Waals surface area contributed by atoms with Crippen molar-refractivity contribution in [3.05, 3.63) is 29.6 Å². The van der Waals surface area contributed by atoms with Gasteiger partial charge in [-0.25, -0.2) is 4.39 Å². The van der Waals surface area contributed by atoms with Crippen LogP contribution >= 0.6 is 0 Å². The fourth-order valence-electron chi connectivity index (χ4n) is 2.10. The molecule has 0 amide bonds. The number of hydrogen-bond acceptors (Lipinski definition) is 3. The fraction of sp³-hybridized carbons (Fsp3) is 0.538. The van der Waals surface area contributed by atoms with E-state index in [9.17, 15) is 9.50 Å². The van der Waals surface area contributed by atoms with E-state index in [-0.39, 0.29) is 23.7 Å². The third-order valence-electron chi connectivity index (χ3n) is 3.13. The van der Waals surface area contributed by atoms with Crippen LogP contribution in [0.3, 0.4) is 0 Å². The van der Waals surface area contributed by atoms with Crippen LogP contribution in [0.1, 0.15) is 31.4 Å². The Morgan fingerprint density at radius 1 is 1.59 bits per heavy atom. The highest BCUT2D eigenvalue weighted by molar-refractivity contribution is 5.34. The number of phenolic OH excluding ortho intramolecular Hbond substituents is 1. The van der Waals surface area contributed by atoms with E-state index in [4.69, 9.17) is 4.74 Å². The monoisotopic (exact) mass is 239 g/mol. The number of phenols is 1. The van der Waals surface area contributed by atoms with E-state index in [1.54, 1.807) is 0 Å². The van der Waals surface area contributed by atoms with Crippen molar-refractivity contribution in [2.45, 2.75) is 31.9 Å². The normalized spacial score (nSPS) is 21.6. The van der Waals surface area contributed by atoms with Gasteiger partial charge in [0.2, 0.25) is 0 Å². The van der Waals surface area contributed by atoms with E-state index in [2.05, 4.69) is 5.32 Å². The number of halogens is 1. The minimum Gasteiger partial charge on any atom is -0.508 e. The molecule has 0 saturated carbocycles. The minimum absolute atomic E-state index is 0.0881. The van der Waals surface area contributed by atoms with E-state index in [1.807, 2.05) is 6.92 Å². The highest BCUT2D eigenvalue weighted by Crippen LogP contribution is 2.25. The molecule has 1 aromatic rings. The van der Waals surface area contributed by atoms with Gasteiger partial charge in [0.15, 0.2) is 0 Å². The fourth-order valence-corrected chi connectivity index (χ4v) is 2.10. The number of nitrogens with one attached hydrogen (secondary N) is 1. The smallest absolute Gasteiger partial charge is 0.123 e. The first-order valence-electron chi connectivity index (χ1n) is 6.00. The van der Waals surface area contributed by atoms with Gasteiger partial charge >= 0.3 is 0 Å². The zero-order valence-corrected chi connectivity index (χ0v) is 9.95. The second kappa shape index (κ2) is 5.47. The predicted molar refractivity (Wildman–Crippen MR) is 63.5 cm³/mol. The lowest BCUT2D eigenvalue weighted by atomic mass is 10.1. The molecule has 0 radical (unpaired) electrons. The average molecular weight is 239 g/mol. The predicted octanol–water partition coefficient (Wildman–Crippen LogP) is 2.36. The molecule has 1 aliphatic rings. The molecule has 2 N–H and O–H groups in total. The molecule has 2 atom stereocenters. The maximum atomic E-state index is 13.1. The first-order valence-corrected chi connectivity index (χ1v) is 6.00. The Morgan fingerprint density at radius 3 is 3.12 bits per heavy atom. The minimum atomic E-state index is -0.330. The maximum Gasteiger partial charge on any atom is 0.123 e. The van der Waals surface area contributed by atoms with Crippen molar-refractivity contribution in [3.63, 3.8) is 0 Å². The molecule has 4 heteroatoms. The molecule has 2 rings (SSSR count). The SMILES string of the molecule is CC(NCC1CCCO1)c1cc(F)ccc1O. The van der Waals surface area contributed by atoms with E-state index in [0.717, 1.165) is 26.0 Å². The molecule has 0 bridgehead atoms. The number of hydrogen-bond donors (Lipinski definition) is 2. The van der Waals surface area contributed by atoms with Crippen LogP contribution in [-0.2, 0) is 4.74 Å². The van der Waals surface area contributed by atoms with Gasteiger partial charge in [0.05, 0.1) is 6.10 Å². The first-order chi connectivity index (χ1) is 8.16. The third-order valence-corrected chi connectivity index (χ3v) is 3.13. The Hall–Kier alpha value is -1.13. The highest BCUT2D eigenvalue weighted by Gasteiger charge is 2.17. The van der Waals surface area contributed by atoms with Crippen LogP contribution in [0.15, 0.2) is 18.2 Å². The van der Waals surface area contributed by atoms with Crippen LogP contribution in [0.2, 0.25) is 0 Å². The van der Waals surface area contributed by atoms with Crippen molar-refractivity contribution in [3.8, 4) is 5.75 Å². The van der Waals surface area contributed by atoms with Crippen LogP contribution in [0.4, 0.5) is 4.39 Å². The summed E-state index contributed by atoms with van der Waals surface area (Å²) in [5, 5.41) is 12.9. The van der Waals surface area contributed by atoms with Crippen molar-refractivity contribution in [1.82, 2.24) is 5.32 Å². The molecule has 1 aromatic carbocycles. The van der Waals surface area contributed by atoms with Gasteiger partial charge in [-0.2, -0.15) is 0 Å². The lowest BCUT2D eigenvalue weighted by Gasteiger charge is -2.18. The zero-order valence-electron chi connectivity index (χ0n) is 9.95. The molecule has 0 aliphatic carbocycles. The molecule has 0 spiro atoms. The van der Waals surface area contributed by atoms with Crippen LogP contribution in [0.25, 0.3) is 0 Å². The largest absolute Gasteiger partial charge is 0.508 e. The van der Waals surface area contributed by atoms with Crippen LogP contribution in [0, 0.1) is 5.82 Å². The number of benzene rings is 1. The second-order valence-electron chi connectivity index (χ2n) is 4.47. The summed E-state index contributed by atoms with van der Waals surface area (Å²) in [6.07, 6.45) is 2.41. The summed E-state index contributed by atoms with van der Waals surface area (Å²) in [5.41, 5.74) is 0.586. The summed E-state index contributed by atoms with van der Waals surface area (Å²) in [7, 11) is 0. The standard InChI is InChI=1S/C13H18FNO2/c1-9(15-8-11-3-2-6-17-11)12-7-10(14)4-5-13(12)16/h4-5,7,9,11,15-16H,2-3,6,8H2,1H3. The lowest BCUT2D eigenvalue weighted by molar-refractivity contribution is 0.108. The Kier molecular flexibility index (Phi) is 3.97. The first kappa shape index (κ1) is 12.3. The van der Waals surface area contributed by atoms with Gasteiger partial charge < -0.3 is 15.2 Å². The molecule has 1 saturated heterocycles. The van der Waals surface area contributed by atoms with Crippen molar-refractivity contribution in [1.29, 1.82) is 0 Å². The van der Waals surface area contributed by atoms with Gasteiger partial charge in [-0.15, -0.1) is 0 Å². The van der Waals surface area contributed by atoms with Crippen molar-refractivity contribution in [2.75, 3.05) is 13.2 Å². The van der Waals surface area contributed by atoms with E-state index in [1.165, 1.54) is 18.2 Å². The van der Waals surface area contributed by atoms with Gasteiger partial charge in [0, 0.05) is 24.8 Å². The molecule has 3 nitrogen and oxygen atoms in total. The van der Waals surface area contributed by atoms with Crippen molar-refractivity contribution in [2.24, 2.45) is 0 Å². The molecule has 17 heavy (non-hydrogen) atoms. The molecule has 1 aliphatic heterocycles. The lowest BCUT2D eigenvalue weighted by Crippen LogP contribution is -2.28. The molecule has 0 aromatic heterocycles. The zero-order chi connectivity index (χ0) is 12.3. The summed E-state index contributed by atoms with van der Waals surface area (Å²) in [5.74, 6) is -0.206. The number of rotatable bonds is 4. The van der Waals surface area contributed by atoms with Crippen LogP contribution in [0.5, 0.6) is 5.75 Å². The summed E-state index contributed by atoms with van der Waals surface area (Å²) in [6, 6.07) is 3.91. The van der Waals surface area contributed by atoms with Crippen molar-refractivity contribution < 1.29 is 14.2 Å². The van der Waals surface area contributed by atoms with Gasteiger partial charge in [0.25, 0.3) is 0 Å². The Labute approximate surface area is 101 Å². The van der Waals surface area contributed by atoms with Gasteiger partial charge in [-0.3, -0.25) is 0 Å². The Bertz CT molecular complexity index is 378. The highest BCUT2D eigenvalue weighted by atomic mass is 19.1. The second-order valence-corrected chi connectivity index (χ2v) is 4.47. The molecular weight excluding hydrogens is 221 g/mol. The van der Waals surface area contributed by atoms with Crippen molar-refractivity contribution >= 4 is 0 Å². The van der Waals surface area contributed by atoms with Crippen LogP contribution in [-0.4, -0.2) is 24.4 Å².